The van der Waals surface area contributed by atoms with Crippen LogP contribution in [-0.4, -0.2) is 5.11 Å². The Balaban J connectivity index is 2.07. The zero-order chi connectivity index (χ0) is 13.4. The smallest absolute Gasteiger partial charge is 0.138 e. The summed E-state index contributed by atoms with van der Waals surface area (Å²) in [5.74, 6) is 0.449. The largest absolute Gasteiger partial charge is 0.458 e. The van der Waals surface area contributed by atoms with Crippen molar-refractivity contribution in [1.82, 2.24) is 0 Å². The molecule has 0 aliphatic rings. The molecule has 0 saturated heterocycles. The van der Waals surface area contributed by atoms with E-state index in [9.17, 15) is 5.11 Å². The van der Waals surface area contributed by atoms with Gasteiger partial charge in [-0.15, -0.1) is 0 Å². The lowest BCUT2D eigenvalue weighted by atomic mass is 10.1. The van der Waals surface area contributed by atoms with Crippen LogP contribution < -0.4 is 0 Å². The Labute approximate surface area is 120 Å². The maximum atomic E-state index is 10.3. The summed E-state index contributed by atoms with van der Waals surface area (Å²) in [6, 6.07) is 14.2. The van der Waals surface area contributed by atoms with Gasteiger partial charge in [-0.1, -0.05) is 41.4 Å². The molecule has 2 aromatic carbocycles. The maximum absolute atomic E-state index is 10.3. The number of furan rings is 1. The molecule has 1 atom stereocenters. The Hall–Kier alpha value is -1.48. The summed E-state index contributed by atoms with van der Waals surface area (Å²) < 4.78 is 5.63. The van der Waals surface area contributed by atoms with Crippen molar-refractivity contribution in [3.63, 3.8) is 0 Å². The van der Waals surface area contributed by atoms with Crippen molar-refractivity contribution >= 4 is 34.2 Å². The molecule has 0 saturated carbocycles. The molecule has 3 rings (SSSR count). The Morgan fingerprint density at radius 1 is 1.00 bits per heavy atom. The van der Waals surface area contributed by atoms with Crippen LogP contribution in [0.4, 0.5) is 0 Å². The van der Waals surface area contributed by atoms with E-state index in [0.717, 1.165) is 5.39 Å². The number of hydrogen-bond acceptors (Lipinski definition) is 2. The van der Waals surface area contributed by atoms with Gasteiger partial charge in [0, 0.05) is 21.0 Å². The summed E-state index contributed by atoms with van der Waals surface area (Å²) in [7, 11) is 0. The lowest BCUT2D eigenvalue weighted by molar-refractivity contribution is 0.192. The molecule has 1 heterocycles. The average Bonchev–Trinajstić information content (AvgIpc) is 2.81. The molecule has 19 heavy (non-hydrogen) atoms. The van der Waals surface area contributed by atoms with Crippen LogP contribution in [0.3, 0.4) is 0 Å². The zero-order valence-corrected chi connectivity index (χ0v) is 11.3. The fourth-order valence-corrected chi connectivity index (χ4v) is 2.44. The van der Waals surface area contributed by atoms with Crippen LogP contribution in [0, 0.1) is 0 Å². The summed E-state index contributed by atoms with van der Waals surface area (Å²) >= 11 is 12.0. The van der Waals surface area contributed by atoms with Gasteiger partial charge in [0.2, 0.25) is 0 Å². The molecule has 0 unspecified atom stereocenters. The summed E-state index contributed by atoms with van der Waals surface area (Å²) in [6.07, 6.45) is -0.889. The van der Waals surface area contributed by atoms with E-state index >= 15 is 0 Å². The summed E-state index contributed by atoms with van der Waals surface area (Å²) in [5.41, 5.74) is 1.31. The quantitative estimate of drug-likeness (QED) is 0.734. The third-order valence-corrected chi connectivity index (χ3v) is 3.55. The normalized spacial score (nSPS) is 12.8. The second-order valence-corrected chi connectivity index (χ2v) is 5.10. The first-order chi connectivity index (χ1) is 9.15. The zero-order valence-electron chi connectivity index (χ0n) is 9.81. The van der Waals surface area contributed by atoms with E-state index in [1.807, 2.05) is 12.1 Å². The molecule has 4 heteroatoms. The second-order valence-electron chi connectivity index (χ2n) is 4.25. The first-order valence-corrected chi connectivity index (χ1v) is 6.52. The second kappa shape index (κ2) is 4.89. The topological polar surface area (TPSA) is 33.4 Å². The van der Waals surface area contributed by atoms with Crippen LogP contribution in [0.5, 0.6) is 0 Å². The number of fused-ring (bicyclic) bond motifs is 1. The predicted octanol–water partition coefficient (Wildman–Crippen LogP) is 4.82. The molecule has 0 aliphatic carbocycles. The van der Waals surface area contributed by atoms with E-state index in [1.165, 1.54) is 0 Å². The molecule has 0 spiro atoms. The predicted molar refractivity (Wildman–Crippen MR) is 76.7 cm³/mol. The molecular weight excluding hydrogens is 283 g/mol. The molecule has 3 aromatic rings. The van der Waals surface area contributed by atoms with Crippen molar-refractivity contribution in [3.8, 4) is 0 Å². The SMILES string of the molecule is O[C@H](c1cc2cc(Cl)ccc2o1)c1ccccc1Cl. The van der Waals surface area contributed by atoms with Crippen LogP contribution in [0.2, 0.25) is 10.0 Å². The van der Waals surface area contributed by atoms with Crippen molar-refractivity contribution < 1.29 is 9.52 Å². The van der Waals surface area contributed by atoms with Crippen molar-refractivity contribution in [3.05, 3.63) is 69.9 Å². The Morgan fingerprint density at radius 2 is 1.79 bits per heavy atom. The van der Waals surface area contributed by atoms with Gasteiger partial charge in [0.1, 0.15) is 17.4 Å². The van der Waals surface area contributed by atoms with E-state index in [-0.39, 0.29) is 0 Å². The minimum absolute atomic E-state index is 0.449. The van der Waals surface area contributed by atoms with Gasteiger partial charge < -0.3 is 9.52 Å². The summed E-state index contributed by atoms with van der Waals surface area (Å²) in [5, 5.41) is 12.3. The molecule has 0 aliphatic heterocycles. The van der Waals surface area contributed by atoms with E-state index < -0.39 is 6.10 Å². The first kappa shape index (κ1) is 12.5. The van der Waals surface area contributed by atoms with E-state index in [2.05, 4.69) is 0 Å². The molecule has 96 valence electrons. The van der Waals surface area contributed by atoms with E-state index in [4.69, 9.17) is 27.6 Å². The average molecular weight is 293 g/mol. The molecule has 1 aromatic heterocycles. The van der Waals surface area contributed by atoms with Gasteiger partial charge in [0.05, 0.1) is 0 Å². The van der Waals surface area contributed by atoms with Crippen LogP contribution in [0.1, 0.15) is 17.4 Å². The van der Waals surface area contributed by atoms with Crippen LogP contribution in [0.25, 0.3) is 11.0 Å². The van der Waals surface area contributed by atoms with Gasteiger partial charge in [-0.2, -0.15) is 0 Å². The highest BCUT2D eigenvalue weighted by Crippen LogP contribution is 2.32. The van der Waals surface area contributed by atoms with Crippen LogP contribution in [-0.2, 0) is 0 Å². The number of aliphatic hydroxyl groups excluding tert-OH is 1. The minimum atomic E-state index is -0.889. The highest BCUT2D eigenvalue weighted by atomic mass is 35.5. The van der Waals surface area contributed by atoms with Gasteiger partial charge in [-0.25, -0.2) is 0 Å². The van der Waals surface area contributed by atoms with Crippen LogP contribution >= 0.6 is 23.2 Å². The van der Waals surface area contributed by atoms with E-state index in [1.54, 1.807) is 36.4 Å². The van der Waals surface area contributed by atoms with Gasteiger partial charge in [-0.05, 0) is 30.3 Å². The van der Waals surface area contributed by atoms with Crippen molar-refractivity contribution in [2.75, 3.05) is 0 Å². The van der Waals surface area contributed by atoms with Gasteiger partial charge in [-0.3, -0.25) is 0 Å². The summed E-state index contributed by atoms with van der Waals surface area (Å²) in [4.78, 5) is 0. The lowest BCUT2D eigenvalue weighted by Crippen LogP contribution is -1.98. The molecule has 0 fully saturated rings. The molecule has 0 bridgehead atoms. The van der Waals surface area contributed by atoms with E-state index in [0.29, 0.717) is 27.0 Å². The van der Waals surface area contributed by atoms with Crippen molar-refractivity contribution in [2.45, 2.75) is 6.10 Å². The van der Waals surface area contributed by atoms with Crippen molar-refractivity contribution in [2.24, 2.45) is 0 Å². The Kier molecular flexibility index (Phi) is 3.23. The minimum Gasteiger partial charge on any atom is -0.458 e. The number of benzene rings is 2. The van der Waals surface area contributed by atoms with Crippen LogP contribution in [0.15, 0.2) is 52.9 Å². The fourth-order valence-electron chi connectivity index (χ4n) is 2.02. The standard InChI is InChI=1S/C15H10Cl2O2/c16-10-5-6-13-9(7-10)8-14(19-13)15(18)11-3-1-2-4-12(11)17/h1-8,15,18H/t15-/m0/s1. The molecule has 1 N–H and O–H groups in total. The Bertz CT molecular complexity index is 734. The first-order valence-electron chi connectivity index (χ1n) is 5.76. The summed E-state index contributed by atoms with van der Waals surface area (Å²) in [6.45, 7) is 0. The third kappa shape index (κ3) is 2.35. The highest BCUT2D eigenvalue weighted by molar-refractivity contribution is 6.31. The number of rotatable bonds is 2. The third-order valence-electron chi connectivity index (χ3n) is 2.97. The van der Waals surface area contributed by atoms with Gasteiger partial charge >= 0.3 is 0 Å². The number of halogens is 2. The monoisotopic (exact) mass is 292 g/mol. The van der Waals surface area contributed by atoms with Gasteiger partial charge in [0.15, 0.2) is 0 Å². The molecule has 2 nitrogen and oxygen atoms in total. The maximum Gasteiger partial charge on any atom is 0.138 e. The molecule has 0 radical (unpaired) electrons. The van der Waals surface area contributed by atoms with Crippen molar-refractivity contribution in [1.29, 1.82) is 0 Å². The number of aliphatic hydroxyl groups is 1. The highest BCUT2D eigenvalue weighted by Gasteiger charge is 2.17. The lowest BCUT2D eigenvalue weighted by Gasteiger charge is -2.09. The Morgan fingerprint density at radius 3 is 2.58 bits per heavy atom. The fraction of sp³-hybridized carbons (Fsp3) is 0.0667. The van der Waals surface area contributed by atoms with Gasteiger partial charge in [0.25, 0.3) is 0 Å². The molecule has 0 amide bonds. The number of hydrogen-bond donors (Lipinski definition) is 1. The molecular formula is C15H10Cl2O2.